The molecular weight excluding hydrogens is 306 g/mol. The number of amides is 1. The van der Waals surface area contributed by atoms with Crippen LogP contribution in [0.4, 0.5) is 0 Å². The van der Waals surface area contributed by atoms with Crippen LogP contribution in [0.5, 0.6) is 5.88 Å². The van der Waals surface area contributed by atoms with Crippen LogP contribution in [-0.2, 0) is 7.05 Å². The van der Waals surface area contributed by atoms with E-state index >= 15 is 0 Å². The Hall–Kier alpha value is -2.44. The van der Waals surface area contributed by atoms with E-state index in [2.05, 4.69) is 15.0 Å². The highest BCUT2D eigenvalue weighted by Gasteiger charge is 2.25. The Morgan fingerprint density at radius 3 is 2.67 bits per heavy atom. The number of piperidine rings is 1. The second-order valence-corrected chi connectivity index (χ2v) is 6.36. The molecule has 0 radical (unpaired) electrons. The van der Waals surface area contributed by atoms with E-state index in [9.17, 15) is 4.79 Å². The summed E-state index contributed by atoms with van der Waals surface area (Å²) in [4.78, 5) is 26.7. The molecule has 2 aromatic rings. The Labute approximate surface area is 141 Å². The molecule has 1 fully saturated rings. The molecule has 7 heteroatoms. The highest BCUT2D eigenvalue weighted by atomic mass is 16.5. The van der Waals surface area contributed by atoms with Crippen LogP contribution in [0.25, 0.3) is 0 Å². The summed E-state index contributed by atoms with van der Waals surface area (Å²) >= 11 is 0. The van der Waals surface area contributed by atoms with Gasteiger partial charge in [0, 0.05) is 37.6 Å². The summed E-state index contributed by atoms with van der Waals surface area (Å²) in [5, 5.41) is 0. The van der Waals surface area contributed by atoms with Crippen molar-refractivity contribution in [2.24, 2.45) is 13.0 Å². The predicted octanol–water partition coefficient (Wildman–Crippen LogP) is 1.76. The summed E-state index contributed by atoms with van der Waals surface area (Å²) in [6, 6.07) is 0. The third kappa shape index (κ3) is 3.55. The monoisotopic (exact) mass is 329 g/mol. The highest BCUT2D eigenvalue weighted by molar-refractivity contribution is 5.92. The summed E-state index contributed by atoms with van der Waals surface area (Å²) in [6.45, 7) is 6.03. The first-order valence-corrected chi connectivity index (χ1v) is 8.23. The van der Waals surface area contributed by atoms with Crippen molar-refractivity contribution in [3.05, 3.63) is 35.8 Å². The van der Waals surface area contributed by atoms with Crippen LogP contribution in [0.3, 0.4) is 0 Å². The Bertz CT molecular complexity index is 720. The van der Waals surface area contributed by atoms with Gasteiger partial charge >= 0.3 is 0 Å². The largest absolute Gasteiger partial charge is 0.477 e. The minimum Gasteiger partial charge on any atom is -0.477 e. The standard InChI is InChI=1S/C17H23N5O2/c1-12-13(2)18-10-19-16(12)24-9-14-4-6-22(7-5-14)17(23)15-8-21(3)11-20-15/h8,10-11,14H,4-7,9H2,1-3H3. The number of ether oxygens (including phenoxy) is 1. The first-order valence-electron chi connectivity index (χ1n) is 8.23. The molecule has 1 saturated heterocycles. The number of aryl methyl sites for hydroxylation is 2. The zero-order valence-corrected chi connectivity index (χ0v) is 14.4. The van der Waals surface area contributed by atoms with Gasteiger partial charge in [0.25, 0.3) is 5.91 Å². The fourth-order valence-corrected chi connectivity index (χ4v) is 2.85. The average molecular weight is 329 g/mol. The fraction of sp³-hybridized carbons (Fsp3) is 0.529. The summed E-state index contributed by atoms with van der Waals surface area (Å²) in [5.41, 5.74) is 2.44. The molecule has 0 atom stereocenters. The molecule has 1 aliphatic rings. The van der Waals surface area contributed by atoms with Crippen molar-refractivity contribution < 1.29 is 9.53 Å². The van der Waals surface area contributed by atoms with Crippen LogP contribution in [-0.4, -0.2) is 50.0 Å². The smallest absolute Gasteiger partial charge is 0.274 e. The minimum atomic E-state index is 0.0113. The second-order valence-electron chi connectivity index (χ2n) is 6.36. The molecule has 0 unspecified atom stereocenters. The molecule has 0 saturated carbocycles. The van der Waals surface area contributed by atoms with Crippen LogP contribution >= 0.6 is 0 Å². The van der Waals surface area contributed by atoms with Gasteiger partial charge in [-0.05, 0) is 32.6 Å². The topological polar surface area (TPSA) is 73.1 Å². The van der Waals surface area contributed by atoms with Gasteiger partial charge in [-0.2, -0.15) is 0 Å². The van der Waals surface area contributed by atoms with E-state index in [4.69, 9.17) is 4.74 Å². The maximum absolute atomic E-state index is 12.4. The van der Waals surface area contributed by atoms with Crippen molar-refractivity contribution in [2.45, 2.75) is 26.7 Å². The summed E-state index contributed by atoms with van der Waals surface area (Å²) in [5.74, 6) is 1.11. The normalized spacial score (nSPS) is 15.5. The first kappa shape index (κ1) is 16.4. The lowest BCUT2D eigenvalue weighted by Gasteiger charge is -2.31. The van der Waals surface area contributed by atoms with Gasteiger partial charge in [0.2, 0.25) is 5.88 Å². The maximum atomic E-state index is 12.4. The van der Waals surface area contributed by atoms with E-state index in [1.54, 1.807) is 17.1 Å². The lowest BCUT2D eigenvalue weighted by atomic mass is 9.97. The molecule has 1 amide bonds. The van der Waals surface area contributed by atoms with E-state index in [1.807, 2.05) is 25.8 Å². The van der Waals surface area contributed by atoms with Crippen molar-refractivity contribution in [3.63, 3.8) is 0 Å². The molecule has 0 aliphatic carbocycles. The van der Waals surface area contributed by atoms with Gasteiger partial charge in [-0.3, -0.25) is 4.79 Å². The molecule has 128 valence electrons. The molecule has 3 heterocycles. The van der Waals surface area contributed by atoms with Crippen LogP contribution in [0, 0.1) is 19.8 Å². The van der Waals surface area contributed by atoms with Gasteiger partial charge in [-0.15, -0.1) is 0 Å². The van der Waals surface area contributed by atoms with Crippen LogP contribution in [0.1, 0.15) is 34.6 Å². The van der Waals surface area contributed by atoms with Crippen molar-refractivity contribution in [1.29, 1.82) is 0 Å². The number of hydrogen-bond acceptors (Lipinski definition) is 5. The quantitative estimate of drug-likeness (QED) is 0.854. The van der Waals surface area contributed by atoms with E-state index in [-0.39, 0.29) is 5.91 Å². The number of aromatic nitrogens is 4. The molecule has 1 aliphatic heterocycles. The number of likely N-dealkylation sites (tertiary alicyclic amines) is 1. The first-order chi connectivity index (χ1) is 11.5. The van der Waals surface area contributed by atoms with Gasteiger partial charge in [0.15, 0.2) is 0 Å². The number of imidazole rings is 1. The zero-order valence-electron chi connectivity index (χ0n) is 14.4. The van der Waals surface area contributed by atoms with Crippen LogP contribution < -0.4 is 4.74 Å². The molecule has 0 spiro atoms. The lowest BCUT2D eigenvalue weighted by Crippen LogP contribution is -2.39. The zero-order chi connectivity index (χ0) is 17.1. The van der Waals surface area contributed by atoms with E-state index < -0.39 is 0 Å². The highest BCUT2D eigenvalue weighted by Crippen LogP contribution is 2.21. The van der Waals surface area contributed by atoms with Crippen molar-refractivity contribution >= 4 is 5.91 Å². The molecule has 0 bridgehead atoms. The van der Waals surface area contributed by atoms with E-state index in [1.165, 1.54) is 6.33 Å². The summed E-state index contributed by atoms with van der Waals surface area (Å²) < 4.78 is 7.66. The lowest BCUT2D eigenvalue weighted by molar-refractivity contribution is 0.0653. The van der Waals surface area contributed by atoms with Crippen molar-refractivity contribution in [3.8, 4) is 5.88 Å². The van der Waals surface area contributed by atoms with Gasteiger partial charge in [0.1, 0.15) is 12.0 Å². The Kier molecular flexibility index (Phi) is 4.78. The summed E-state index contributed by atoms with van der Waals surface area (Å²) in [6.07, 6.45) is 6.81. The number of rotatable bonds is 4. The number of carbonyl (C=O) groups is 1. The van der Waals surface area contributed by atoms with E-state index in [0.29, 0.717) is 24.1 Å². The molecule has 0 aromatic carbocycles. The molecule has 24 heavy (non-hydrogen) atoms. The minimum absolute atomic E-state index is 0.0113. The van der Waals surface area contributed by atoms with E-state index in [0.717, 1.165) is 37.2 Å². The Morgan fingerprint density at radius 1 is 1.25 bits per heavy atom. The number of carbonyl (C=O) groups excluding carboxylic acids is 1. The molecular formula is C17H23N5O2. The number of hydrogen-bond donors (Lipinski definition) is 0. The molecule has 2 aromatic heterocycles. The van der Waals surface area contributed by atoms with Crippen LogP contribution in [0.15, 0.2) is 18.9 Å². The Balaban J connectivity index is 1.50. The number of nitrogens with zero attached hydrogens (tertiary/aromatic N) is 5. The second kappa shape index (κ2) is 6.98. The Morgan fingerprint density at radius 2 is 2.00 bits per heavy atom. The van der Waals surface area contributed by atoms with Gasteiger partial charge < -0.3 is 14.2 Å². The molecule has 0 N–H and O–H groups in total. The van der Waals surface area contributed by atoms with Crippen LogP contribution in [0.2, 0.25) is 0 Å². The van der Waals surface area contributed by atoms with Crippen molar-refractivity contribution in [1.82, 2.24) is 24.4 Å². The van der Waals surface area contributed by atoms with Crippen molar-refractivity contribution in [2.75, 3.05) is 19.7 Å². The third-order valence-electron chi connectivity index (χ3n) is 4.57. The predicted molar refractivity (Wildman–Crippen MR) is 88.8 cm³/mol. The summed E-state index contributed by atoms with van der Waals surface area (Å²) in [7, 11) is 1.87. The molecule has 7 nitrogen and oxygen atoms in total. The third-order valence-corrected chi connectivity index (χ3v) is 4.57. The molecule has 3 rings (SSSR count). The SMILES string of the molecule is Cc1ncnc(OCC2CCN(C(=O)c3cn(C)cn3)CC2)c1C. The van der Waals surface area contributed by atoms with Gasteiger partial charge in [-0.1, -0.05) is 0 Å². The average Bonchev–Trinajstić information content (AvgIpc) is 3.02. The van der Waals surface area contributed by atoms with Gasteiger partial charge in [-0.25, -0.2) is 15.0 Å². The fourth-order valence-electron chi connectivity index (χ4n) is 2.85. The van der Waals surface area contributed by atoms with Gasteiger partial charge in [0.05, 0.1) is 12.9 Å². The maximum Gasteiger partial charge on any atom is 0.274 e.